The maximum atomic E-state index is 12.1. The number of amides is 3. The van der Waals surface area contributed by atoms with Gasteiger partial charge in [0, 0.05) is 13.1 Å². The zero-order chi connectivity index (χ0) is 14.8. The van der Waals surface area contributed by atoms with Crippen molar-refractivity contribution in [2.24, 2.45) is 0 Å². The molecule has 3 rings (SSSR count). The Kier molecular flexibility index (Phi) is 3.65. The zero-order valence-corrected chi connectivity index (χ0v) is 11.9. The first kappa shape index (κ1) is 13.7. The Labute approximate surface area is 123 Å². The molecule has 9 heteroatoms. The number of hydrogen-bond donors (Lipinski definition) is 1. The Bertz CT molecular complexity index is 654. The molecule has 110 valence electrons. The molecule has 2 aromatic heterocycles. The van der Waals surface area contributed by atoms with Crippen LogP contribution < -0.4 is 5.32 Å². The van der Waals surface area contributed by atoms with E-state index in [1.54, 1.807) is 19.1 Å². The summed E-state index contributed by atoms with van der Waals surface area (Å²) in [6.07, 6.45) is 1.50. The van der Waals surface area contributed by atoms with Crippen molar-refractivity contribution >= 4 is 23.7 Å². The third-order valence-corrected chi connectivity index (χ3v) is 3.81. The third kappa shape index (κ3) is 2.77. The second kappa shape index (κ2) is 5.60. The van der Waals surface area contributed by atoms with E-state index in [0.717, 1.165) is 11.8 Å². The average Bonchev–Trinajstić information content (AvgIpc) is 3.17. The largest absolute Gasteiger partial charge is 0.459 e. The number of rotatable bonds is 4. The van der Waals surface area contributed by atoms with E-state index in [2.05, 4.69) is 15.5 Å². The van der Waals surface area contributed by atoms with Crippen LogP contribution in [0.2, 0.25) is 0 Å². The summed E-state index contributed by atoms with van der Waals surface area (Å²) in [5, 5.41) is 10.0. The quantitative estimate of drug-likeness (QED) is 0.851. The van der Waals surface area contributed by atoms with E-state index in [1.807, 2.05) is 0 Å². The van der Waals surface area contributed by atoms with Gasteiger partial charge in [0.25, 0.3) is 11.1 Å². The number of carbonyl (C=O) groups is 2. The molecule has 8 nitrogen and oxygen atoms in total. The molecule has 0 radical (unpaired) electrons. The molecular weight excluding hydrogens is 296 g/mol. The number of imide groups is 1. The lowest BCUT2D eigenvalue weighted by Gasteiger charge is -2.15. The first-order chi connectivity index (χ1) is 10.1. The summed E-state index contributed by atoms with van der Waals surface area (Å²) < 4.78 is 10.6. The predicted molar refractivity (Wildman–Crippen MR) is 72.4 cm³/mol. The van der Waals surface area contributed by atoms with E-state index in [1.165, 1.54) is 11.2 Å². The second-order valence-corrected chi connectivity index (χ2v) is 5.62. The van der Waals surface area contributed by atoms with Gasteiger partial charge < -0.3 is 14.2 Å². The molecule has 21 heavy (non-hydrogen) atoms. The highest BCUT2D eigenvalue weighted by Gasteiger charge is 2.31. The topological polar surface area (TPSA) is 101 Å². The van der Waals surface area contributed by atoms with Gasteiger partial charge in [-0.1, -0.05) is 11.8 Å². The molecule has 1 aliphatic rings. The summed E-state index contributed by atoms with van der Waals surface area (Å²) in [4.78, 5) is 24.8. The molecule has 1 N–H and O–H groups in total. The van der Waals surface area contributed by atoms with Gasteiger partial charge in [-0.3, -0.25) is 9.69 Å². The molecule has 0 saturated carbocycles. The van der Waals surface area contributed by atoms with Crippen molar-refractivity contribution < 1.29 is 18.4 Å². The Morgan fingerprint density at radius 2 is 2.38 bits per heavy atom. The average molecular weight is 308 g/mol. The van der Waals surface area contributed by atoms with E-state index in [9.17, 15) is 9.59 Å². The molecule has 1 atom stereocenters. The summed E-state index contributed by atoms with van der Waals surface area (Å²) in [7, 11) is 0. The van der Waals surface area contributed by atoms with E-state index in [-0.39, 0.29) is 23.1 Å². The van der Waals surface area contributed by atoms with Crippen LogP contribution in [-0.4, -0.2) is 45.4 Å². The van der Waals surface area contributed by atoms with Crippen molar-refractivity contribution in [2.45, 2.75) is 17.4 Å². The fraction of sp³-hybridized carbons (Fsp3) is 0.333. The van der Waals surface area contributed by atoms with Crippen LogP contribution in [0.25, 0.3) is 11.7 Å². The normalized spacial score (nSPS) is 16.0. The van der Waals surface area contributed by atoms with Gasteiger partial charge in [-0.05, 0) is 19.1 Å². The van der Waals surface area contributed by atoms with Gasteiger partial charge in [0.05, 0.1) is 11.5 Å². The molecule has 1 fully saturated rings. The van der Waals surface area contributed by atoms with Crippen molar-refractivity contribution in [1.29, 1.82) is 0 Å². The molecule has 3 amide bonds. The standard InChI is InChI=1S/C12H12N4O4S/c1-7(10(17)16-5-4-13-11(16)18)21-12-15-14-9(20-12)8-3-2-6-19-8/h2-3,6-7H,4-5H2,1H3,(H,13,18)/t7-/m1/s1. The maximum absolute atomic E-state index is 12.1. The Balaban J connectivity index is 1.66. The molecule has 3 heterocycles. The highest BCUT2D eigenvalue weighted by atomic mass is 32.2. The zero-order valence-electron chi connectivity index (χ0n) is 11.1. The van der Waals surface area contributed by atoms with Crippen molar-refractivity contribution in [3.8, 4) is 11.7 Å². The second-order valence-electron chi connectivity index (χ2n) is 4.33. The van der Waals surface area contributed by atoms with E-state index in [4.69, 9.17) is 8.83 Å². The van der Waals surface area contributed by atoms with Gasteiger partial charge in [-0.2, -0.15) is 0 Å². The maximum Gasteiger partial charge on any atom is 0.324 e. The van der Waals surface area contributed by atoms with E-state index < -0.39 is 5.25 Å². The Hall–Kier alpha value is -2.29. The molecule has 2 aromatic rings. The summed E-state index contributed by atoms with van der Waals surface area (Å²) >= 11 is 1.11. The molecule has 0 unspecified atom stereocenters. The highest BCUT2D eigenvalue weighted by Crippen LogP contribution is 2.27. The van der Waals surface area contributed by atoms with Gasteiger partial charge in [-0.15, -0.1) is 10.2 Å². The number of hydrogen-bond acceptors (Lipinski definition) is 7. The summed E-state index contributed by atoms with van der Waals surface area (Å²) in [5.74, 6) is 0.432. The summed E-state index contributed by atoms with van der Waals surface area (Å²) in [6, 6.07) is 3.05. The molecule has 0 aromatic carbocycles. The lowest BCUT2D eigenvalue weighted by atomic mass is 10.4. The monoisotopic (exact) mass is 308 g/mol. The van der Waals surface area contributed by atoms with Crippen LogP contribution in [0.4, 0.5) is 4.79 Å². The smallest absolute Gasteiger partial charge is 0.324 e. The van der Waals surface area contributed by atoms with Gasteiger partial charge >= 0.3 is 6.03 Å². The van der Waals surface area contributed by atoms with Gasteiger partial charge in [-0.25, -0.2) is 4.79 Å². The Morgan fingerprint density at radius 1 is 1.52 bits per heavy atom. The lowest BCUT2D eigenvalue weighted by molar-refractivity contribution is -0.126. The van der Waals surface area contributed by atoms with Crippen LogP contribution in [0.3, 0.4) is 0 Å². The molecule has 1 aliphatic heterocycles. The van der Waals surface area contributed by atoms with E-state index >= 15 is 0 Å². The van der Waals surface area contributed by atoms with Gasteiger partial charge in [0.1, 0.15) is 0 Å². The van der Waals surface area contributed by atoms with Crippen molar-refractivity contribution in [1.82, 2.24) is 20.4 Å². The number of nitrogens with one attached hydrogen (secondary N) is 1. The number of furan rings is 1. The fourth-order valence-electron chi connectivity index (χ4n) is 1.86. The predicted octanol–water partition coefficient (Wildman–Crippen LogP) is 1.36. The van der Waals surface area contributed by atoms with Crippen molar-refractivity contribution in [2.75, 3.05) is 13.1 Å². The number of urea groups is 1. The minimum Gasteiger partial charge on any atom is -0.459 e. The highest BCUT2D eigenvalue weighted by molar-refractivity contribution is 8.00. The summed E-state index contributed by atoms with van der Waals surface area (Å²) in [5.41, 5.74) is 0. The minimum atomic E-state index is -0.501. The first-order valence-corrected chi connectivity index (χ1v) is 7.16. The van der Waals surface area contributed by atoms with Crippen molar-refractivity contribution in [3.05, 3.63) is 18.4 Å². The lowest BCUT2D eigenvalue weighted by Crippen LogP contribution is -2.38. The van der Waals surface area contributed by atoms with Crippen LogP contribution in [0.1, 0.15) is 6.92 Å². The van der Waals surface area contributed by atoms with Crippen molar-refractivity contribution in [3.63, 3.8) is 0 Å². The first-order valence-electron chi connectivity index (χ1n) is 6.28. The van der Waals surface area contributed by atoms with Crippen LogP contribution in [-0.2, 0) is 4.79 Å². The van der Waals surface area contributed by atoms with Crippen LogP contribution in [0.15, 0.2) is 32.5 Å². The number of carbonyl (C=O) groups excluding carboxylic acids is 2. The van der Waals surface area contributed by atoms with Gasteiger partial charge in [0.15, 0.2) is 5.76 Å². The van der Waals surface area contributed by atoms with Crippen LogP contribution >= 0.6 is 11.8 Å². The van der Waals surface area contributed by atoms with Gasteiger partial charge in [0.2, 0.25) is 5.91 Å². The third-order valence-electron chi connectivity index (χ3n) is 2.89. The molecule has 0 bridgehead atoms. The number of aromatic nitrogens is 2. The van der Waals surface area contributed by atoms with E-state index in [0.29, 0.717) is 18.8 Å². The molecular formula is C12H12N4O4S. The molecule has 0 aliphatic carbocycles. The Morgan fingerprint density at radius 3 is 3.05 bits per heavy atom. The van der Waals surface area contributed by atoms with Crippen LogP contribution in [0, 0.1) is 0 Å². The number of nitrogens with zero attached hydrogens (tertiary/aromatic N) is 3. The van der Waals surface area contributed by atoms with Crippen LogP contribution in [0.5, 0.6) is 0 Å². The molecule has 0 spiro atoms. The SMILES string of the molecule is C[C@@H](Sc1nnc(-c2ccco2)o1)C(=O)N1CCNC1=O. The fourth-order valence-corrected chi connectivity index (χ4v) is 2.61. The molecule has 1 saturated heterocycles. The summed E-state index contributed by atoms with van der Waals surface area (Å²) in [6.45, 7) is 2.55. The number of thioether (sulfide) groups is 1. The minimum absolute atomic E-state index is 0.251.